The van der Waals surface area contributed by atoms with E-state index >= 15 is 0 Å². The van der Waals surface area contributed by atoms with Gasteiger partial charge in [-0.05, 0) is 30.2 Å². The van der Waals surface area contributed by atoms with Crippen LogP contribution in [0.4, 0.5) is 0 Å². The number of tetrazole rings is 1. The van der Waals surface area contributed by atoms with Crippen molar-refractivity contribution in [2.75, 3.05) is 19.6 Å². The monoisotopic (exact) mass is 412 g/mol. The third-order valence-electron chi connectivity index (χ3n) is 5.45. The van der Waals surface area contributed by atoms with Crippen molar-refractivity contribution in [3.63, 3.8) is 0 Å². The van der Waals surface area contributed by atoms with Gasteiger partial charge in [-0.25, -0.2) is 0 Å². The summed E-state index contributed by atoms with van der Waals surface area (Å²) in [4.78, 5) is 16.4. The van der Waals surface area contributed by atoms with Gasteiger partial charge in [-0.2, -0.15) is 4.80 Å². The summed E-state index contributed by atoms with van der Waals surface area (Å²) in [5.41, 5.74) is 8.11. The van der Waals surface area contributed by atoms with Crippen molar-refractivity contribution < 1.29 is 4.79 Å². The molecule has 152 valence electrons. The molecule has 7 nitrogen and oxygen atoms in total. The minimum atomic E-state index is -0.516. The van der Waals surface area contributed by atoms with Crippen LogP contribution in [0, 0.1) is 5.92 Å². The number of halogens is 1. The maximum atomic E-state index is 13.1. The number of benzene rings is 2. The Kier molecular flexibility index (Phi) is 6.61. The smallest absolute Gasteiger partial charge is 0.249 e. The number of nitrogens with two attached hydrogens (primary N) is 1. The van der Waals surface area contributed by atoms with E-state index in [1.165, 1.54) is 10.4 Å². The zero-order chi connectivity index (χ0) is 19.5. The Hall–Kier alpha value is -2.77. The number of hydrogen-bond acceptors (Lipinski definition) is 5. The van der Waals surface area contributed by atoms with E-state index < -0.39 is 6.04 Å². The molecule has 1 aromatic heterocycles. The largest absolute Gasteiger partial charge is 0.340 e. The first kappa shape index (κ1) is 21.0. The molecule has 0 spiro atoms. The Morgan fingerprint density at radius 1 is 1.10 bits per heavy atom. The lowest BCUT2D eigenvalue weighted by Gasteiger charge is -2.20. The topological polar surface area (TPSA) is 89.9 Å². The van der Waals surface area contributed by atoms with Crippen LogP contribution in [-0.2, 0) is 4.79 Å². The summed E-state index contributed by atoms with van der Waals surface area (Å²) in [6, 6.07) is 19.4. The number of aromatic nitrogens is 4. The lowest BCUT2D eigenvalue weighted by Crippen LogP contribution is -2.36. The maximum Gasteiger partial charge on any atom is 0.249 e. The molecule has 3 atom stereocenters. The molecule has 0 radical (unpaired) electrons. The minimum absolute atomic E-state index is 0. The number of carbonyl (C=O) groups excluding carboxylic acids is 1. The van der Waals surface area contributed by atoms with Gasteiger partial charge in [-0.15, -0.1) is 22.6 Å². The molecule has 1 saturated heterocycles. The average Bonchev–Trinajstić information content (AvgIpc) is 3.41. The van der Waals surface area contributed by atoms with Gasteiger partial charge in [0.1, 0.15) is 6.04 Å². The molecule has 0 aliphatic carbocycles. The SMILES string of the molecule is CC(C(=O)N1C[C@@H](CN)[C@H](c2ccccc2)C1)n1nnc(-c2ccccc2)n1.Cl. The van der Waals surface area contributed by atoms with E-state index in [1.54, 1.807) is 0 Å². The summed E-state index contributed by atoms with van der Waals surface area (Å²) in [7, 11) is 0. The van der Waals surface area contributed by atoms with Crippen molar-refractivity contribution in [2.45, 2.75) is 18.9 Å². The Morgan fingerprint density at radius 3 is 2.41 bits per heavy atom. The molecule has 3 aromatic rings. The molecular formula is C21H25ClN6O. The number of carbonyl (C=O) groups is 1. The third kappa shape index (κ3) is 4.31. The van der Waals surface area contributed by atoms with Crippen LogP contribution in [0.2, 0.25) is 0 Å². The number of rotatable bonds is 5. The highest BCUT2D eigenvalue weighted by molar-refractivity contribution is 5.85. The molecule has 1 unspecified atom stereocenters. The summed E-state index contributed by atoms with van der Waals surface area (Å²) in [5.74, 6) is 1.02. The van der Waals surface area contributed by atoms with Crippen LogP contribution in [0.25, 0.3) is 11.4 Å². The van der Waals surface area contributed by atoms with Gasteiger partial charge in [0, 0.05) is 24.6 Å². The molecule has 4 rings (SSSR count). The lowest BCUT2D eigenvalue weighted by molar-refractivity contribution is -0.134. The highest BCUT2D eigenvalue weighted by atomic mass is 35.5. The molecule has 0 bridgehead atoms. The zero-order valence-electron chi connectivity index (χ0n) is 16.3. The van der Waals surface area contributed by atoms with Gasteiger partial charge in [-0.1, -0.05) is 60.7 Å². The second-order valence-corrected chi connectivity index (χ2v) is 7.23. The van der Waals surface area contributed by atoms with Crippen molar-refractivity contribution in [1.82, 2.24) is 25.1 Å². The van der Waals surface area contributed by atoms with Crippen molar-refractivity contribution in [3.8, 4) is 11.4 Å². The zero-order valence-corrected chi connectivity index (χ0v) is 17.1. The highest BCUT2D eigenvalue weighted by Crippen LogP contribution is 2.33. The first-order valence-corrected chi connectivity index (χ1v) is 9.56. The fourth-order valence-corrected chi connectivity index (χ4v) is 3.82. The normalized spacial score (nSPS) is 19.6. The first-order chi connectivity index (χ1) is 13.7. The molecule has 2 aromatic carbocycles. The van der Waals surface area contributed by atoms with Gasteiger partial charge < -0.3 is 10.6 Å². The van der Waals surface area contributed by atoms with Crippen LogP contribution in [0.1, 0.15) is 24.4 Å². The fourth-order valence-electron chi connectivity index (χ4n) is 3.82. The van der Waals surface area contributed by atoms with E-state index in [0.717, 1.165) is 5.56 Å². The highest BCUT2D eigenvalue weighted by Gasteiger charge is 2.37. The Balaban J connectivity index is 0.00000240. The number of amides is 1. The van der Waals surface area contributed by atoms with Gasteiger partial charge in [0.2, 0.25) is 11.7 Å². The second kappa shape index (κ2) is 9.15. The summed E-state index contributed by atoms with van der Waals surface area (Å²) < 4.78 is 0. The predicted octanol–water partition coefficient (Wildman–Crippen LogP) is 2.52. The fraction of sp³-hybridized carbons (Fsp3) is 0.333. The second-order valence-electron chi connectivity index (χ2n) is 7.23. The van der Waals surface area contributed by atoms with Crippen molar-refractivity contribution >= 4 is 18.3 Å². The van der Waals surface area contributed by atoms with Gasteiger partial charge in [0.05, 0.1) is 0 Å². The van der Waals surface area contributed by atoms with Crippen LogP contribution in [-0.4, -0.2) is 50.6 Å². The van der Waals surface area contributed by atoms with E-state index in [-0.39, 0.29) is 30.2 Å². The molecule has 1 aliphatic heterocycles. The third-order valence-corrected chi connectivity index (χ3v) is 5.45. The number of hydrogen-bond donors (Lipinski definition) is 1. The number of likely N-dealkylation sites (tertiary alicyclic amines) is 1. The van der Waals surface area contributed by atoms with Gasteiger partial charge in [0.25, 0.3) is 0 Å². The first-order valence-electron chi connectivity index (χ1n) is 9.56. The Morgan fingerprint density at radius 2 is 1.76 bits per heavy atom. The molecular weight excluding hydrogens is 388 g/mol. The van der Waals surface area contributed by atoms with Crippen LogP contribution >= 0.6 is 12.4 Å². The predicted molar refractivity (Wildman–Crippen MR) is 114 cm³/mol. The van der Waals surface area contributed by atoms with Crippen LogP contribution < -0.4 is 5.73 Å². The van der Waals surface area contributed by atoms with E-state index in [2.05, 4.69) is 27.5 Å². The van der Waals surface area contributed by atoms with Crippen molar-refractivity contribution in [1.29, 1.82) is 0 Å². The molecule has 1 aliphatic rings. The van der Waals surface area contributed by atoms with Gasteiger partial charge >= 0.3 is 0 Å². The van der Waals surface area contributed by atoms with Crippen LogP contribution in [0.5, 0.6) is 0 Å². The van der Waals surface area contributed by atoms with E-state index in [4.69, 9.17) is 5.73 Å². The quantitative estimate of drug-likeness (QED) is 0.695. The lowest BCUT2D eigenvalue weighted by atomic mass is 9.89. The van der Waals surface area contributed by atoms with E-state index in [1.807, 2.05) is 60.4 Å². The van der Waals surface area contributed by atoms with Gasteiger partial charge in [-0.3, -0.25) is 4.79 Å². The summed E-state index contributed by atoms with van der Waals surface area (Å²) >= 11 is 0. The summed E-state index contributed by atoms with van der Waals surface area (Å²) in [6.45, 7) is 3.68. The summed E-state index contributed by atoms with van der Waals surface area (Å²) in [5, 5.41) is 12.6. The Labute approximate surface area is 176 Å². The summed E-state index contributed by atoms with van der Waals surface area (Å²) in [6.07, 6.45) is 0. The van der Waals surface area contributed by atoms with Crippen LogP contribution in [0.15, 0.2) is 60.7 Å². The molecule has 1 fully saturated rings. The van der Waals surface area contributed by atoms with Crippen LogP contribution in [0.3, 0.4) is 0 Å². The molecule has 2 heterocycles. The minimum Gasteiger partial charge on any atom is -0.340 e. The number of nitrogens with zero attached hydrogens (tertiary/aromatic N) is 5. The molecule has 2 N–H and O–H groups in total. The van der Waals surface area contributed by atoms with Crippen molar-refractivity contribution in [3.05, 3.63) is 66.2 Å². The van der Waals surface area contributed by atoms with E-state index in [0.29, 0.717) is 25.5 Å². The van der Waals surface area contributed by atoms with Gasteiger partial charge in [0.15, 0.2) is 0 Å². The molecule has 8 heteroatoms. The standard InChI is InChI=1S/C21H24N6O.ClH/c1-15(27-24-20(23-25-27)17-10-6-3-7-11-17)21(28)26-13-18(12-22)19(14-26)16-8-4-2-5-9-16;/h2-11,15,18-19H,12-14,22H2,1H3;1H/t15?,18-,19+;/m1./s1. The van der Waals surface area contributed by atoms with E-state index in [9.17, 15) is 4.79 Å². The van der Waals surface area contributed by atoms with Crippen molar-refractivity contribution in [2.24, 2.45) is 11.7 Å². The average molecular weight is 413 g/mol. The Bertz CT molecular complexity index is 933. The molecule has 0 saturated carbocycles. The molecule has 1 amide bonds. The maximum absolute atomic E-state index is 13.1. The molecule has 29 heavy (non-hydrogen) atoms.